The summed E-state index contributed by atoms with van der Waals surface area (Å²) in [5, 5.41) is 2.71. The number of unbranched alkanes of at least 4 members (excludes halogenated alkanes) is 2. The number of nitrogens with one attached hydrogen (secondary N) is 1. The number of carbonyl (C=O) groups excluding carboxylic acids is 2. The Morgan fingerprint density at radius 3 is 2.70 bits per heavy atom. The summed E-state index contributed by atoms with van der Waals surface area (Å²) in [6, 6.07) is 4.25. The van der Waals surface area contributed by atoms with E-state index in [1.54, 1.807) is 6.07 Å². The highest BCUT2D eigenvalue weighted by Crippen LogP contribution is 2.16. The summed E-state index contributed by atoms with van der Waals surface area (Å²) in [6.07, 6.45) is 2.71. The van der Waals surface area contributed by atoms with E-state index in [4.69, 9.17) is 0 Å². The molecule has 20 heavy (non-hydrogen) atoms. The van der Waals surface area contributed by atoms with Gasteiger partial charge in [-0.15, -0.1) is 0 Å². The zero-order chi connectivity index (χ0) is 15.0. The van der Waals surface area contributed by atoms with Crippen molar-refractivity contribution in [1.82, 2.24) is 5.32 Å². The molecule has 0 radical (unpaired) electrons. The average Bonchev–Trinajstić information content (AvgIpc) is 2.44. The number of ether oxygens (including phenoxy) is 1. The second-order valence-corrected chi connectivity index (χ2v) is 5.13. The fourth-order valence-corrected chi connectivity index (χ4v) is 1.86. The standard InChI is InChI=1S/C14H17BrFNO3/c1-20-13(18)5-3-2-4-8-17-14(19)10-6-7-11(15)12(16)9-10/h6-7,9H,2-5,8H2,1H3,(H,17,19). The number of amides is 1. The van der Waals surface area contributed by atoms with E-state index in [9.17, 15) is 14.0 Å². The van der Waals surface area contributed by atoms with Gasteiger partial charge in [0.05, 0.1) is 11.6 Å². The van der Waals surface area contributed by atoms with Crippen LogP contribution >= 0.6 is 15.9 Å². The zero-order valence-corrected chi connectivity index (χ0v) is 12.8. The number of benzene rings is 1. The molecule has 0 atom stereocenters. The van der Waals surface area contributed by atoms with E-state index in [1.165, 1.54) is 19.2 Å². The van der Waals surface area contributed by atoms with Gasteiger partial charge in [0, 0.05) is 18.5 Å². The van der Waals surface area contributed by atoms with Gasteiger partial charge in [-0.25, -0.2) is 4.39 Å². The van der Waals surface area contributed by atoms with Gasteiger partial charge < -0.3 is 10.1 Å². The van der Waals surface area contributed by atoms with Crippen LogP contribution in [0.3, 0.4) is 0 Å². The van der Waals surface area contributed by atoms with Gasteiger partial charge in [-0.3, -0.25) is 9.59 Å². The highest BCUT2D eigenvalue weighted by Gasteiger charge is 2.08. The number of hydrogen-bond donors (Lipinski definition) is 1. The topological polar surface area (TPSA) is 55.4 Å². The molecule has 0 saturated carbocycles. The molecule has 0 aliphatic carbocycles. The third-order valence-corrected chi connectivity index (χ3v) is 3.40. The van der Waals surface area contributed by atoms with Crippen molar-refractivity contribution in [1.29, 1.82) is 0 Å². The van der Waals surface area contributed by atoms with Crippen LogP contribution in [0.5, 0.6) is 0 Å². The molecule has 0 saturated heterocycles. The molecule has 0 aliphatic rings. The lowest BCUT2D eigenvalue weighted by Crippen LogP contribution is -2.24. The van der Waals surface area contributed by atoms with Gasteiger partial charge >= 0.3 is 5.97 Å². The summed E-state index contributed by atoms with van der Waals surface area (Å²) in [4.78, 5) is 22.6. The largest absolute Gasteiger partial charge is 0.469 e. The number of rotatable bonds is 7. The summed E-state index contributed by atoms with van der Waals surface area (Å²) in [5.41, 5.74) is 0.292. The van der Waals surface area contributed by atoms with Crippen LogP contribution in [0.1, 0.15) is 36.0 Å². The van der Waals surface area contributed by atoms with Gasteiger partial charge in [0.2, 0.25) is 0 Å². The van der Waals surface area contributed by atoms with Crippen molar-refractivity contribution in [3.8, 4) is 0 Å². The maximum absolute atomic E-state index is 13.3. The van der Waals surface area contributed by atoms with Gasteiger partial charge in [-0.2, -0.15) is 0 Å². The average molecular weight is 346 g/mol. The third-order valence-electron chi connectivity index (χ3n) is 2.75. The number of carbonyl (C=O) groups is 2. The number of esters is 1. The first kappa shape index (κ1) is 16.6. The first-order valence-electron chi connectivity index (χ1n) is 6.34. The lowest BCUT2D eigenvalue weighted by atomic mass is 10.2. The Kier molecular flexibility index (Phi) is 7.22. The Morgan fingerprint density at radius 1 is 1.30 bits per heavy atom. The molecule has 1 aromatic rings. The summed E-state index contributed by atoms with van der Waals surface area (Å²) < 4.78 is 18.1. The Hall–Kier alpha value is -1.43. The van der Waals surface area contributed by atoms with E-state index in [1.807, 2.05) is 0 Å². The lowest BCUT2D eigenvalue weighted by Gasteiger charge is -2.06. The van der Waals surface area contributed by atoms with E-state index >= 15 is 0 Å². The van der Waals surface area contributed by atoms with Crippen LogP contribution in [0.15, 0.2) is 22.7 Å². The van der Waals surface area contributed by atoms with E-state index in [0.29, 0.717) is 23.0 Å². The van der Waals surface area contributed by atoms with E-state index < -0.39 is 5.82 Å². The summed E-state index contributed by atoms with van der Waals surface area (Å²) in [7, 11) is 1.36. The second kappa shape index (κ2) is 8.68. The van der Waals surface area contributed by atoms with Crippen LogP contribution in [-0.2, 0) is 9.53 Å². The predicted molar refractivity (Wildman–Crippen MR) is 76.9 cm³/mol. The van der Waals surface area contributed by atoms with Crippen LogP contribution in [0.2, 0.25) is 0 Å². The van der Waals surface area contributed by atoms with Crippen LogP contribution in [0, 0.1) is 5.82 Å². The fourth-order valence-electron chi connectivity index (χ4n) is 1.61. The molecule has 1 aromatic carbocycles. The zero-order valence-electron chi connectivity index (χ0n) is 11.2. The molecule has 6 heteroatoms. The molecule has 0 aliphatic heterocycles. The summed E-state index contributed by atoms with van der Waals surface area (Å²) >= 11 is 3.03. The monoisotopic (exact) mass is 345 g/mol. The maximum atomic E-state index is 13.3. The lowest BCUT2D eigenvalue weighted by molar-refractivity contribution is -0.140. The predicted octanol–water partition coefficient (Wildman–Crippen LogP) is 3.05. The molecular weight excluding hydrogens is 329 g/mol. The molecule has 4 nitrogen and oxygen atoms in total. The van der Waals surface area contributed by atoms with Gasteiger partial charge in [0.15, 0.2) is 0 Å². The molecule has 0 fully saturated rings. The minimum Gasteiger partial charge on any atom is -0.469 e. The maximum Gasteiger partial charge on any atom is 0.305 e. The minimum atomic E-state index is -0.462. The third kappa shape index (κ3) is 5.69. The van der Waals surface area contributed by atoms with Gasteiger partial charge in [0.25, 0.3) is 5.91 Å². The second-order valence-electron chi connectivity index (χ2n) is 4.27. The van der Waals surface area contributed by atoms with Crippen molar-refractivity contribution >= 4 is 27.8 Å². The molecule has 0 spiro atoms. The van der Waals surface area contributed by atoms with E-state index in [2.05, 4.69) is 26.0 Å². The molecule has 0 heterocycles. The van der Waals surface area contributed by atoms with Crippen molar-refractivity contribution in [3.63, 3.8) is 0 Å². The Morgan fingerprint density at radius 2 is 2.05 bits per heavy atom. The molecule has 1 rings (SSSR count). The molecular formula is C14H17BrFNO3. The molecule has 110 valence electrons. The Labute approximate surface area is 125 Å². The van der Waals surface area contributed by atoms with Gasteiger partial charge in [0.1, 0.15) is 5.82 Å². The van der Waals surface area contributed by atoms with Crippen LogP contribution in [0.4, 0.5) is 4.39 Å². The van der Waals surface area contributed by atoms with Crippen LogP contribution in [-0.4, -0.2) is 25.5 Å². The van der Waals surface area contributed by atoms with Crippen molar-refractivity contribution in [2.45, 2.75) is 25.7 Å². The van der Waals surface area contributed by atoms with Crippen molar-refractivity contribution in [2.75, 3.05) is 13.7 Å². The van der Waals surface area contributed by atoms with Crippen molar-refractivity contribution in [3.05, 3.63) is 34.1 Å². The Balaban J connectivity index is 2.23. The minimum absolute atomic E-state index is 0.223. The first-order valence-corrected chi connectivity index (χ1v) is 7.14. The SMILES string of the molecule is COC(=O)CCCCCNC(=O)c1ccc(Br)c(F)c1. The Bertz CT molecular complexity index is 479. The van der Waals surface area contributed by atoms with E-state index in [-0.39, 0.29) is 11.9 Å². The molecule has 1 N–H and O–H groups in total. The summed E-state index contributed by atoms with van der Waals surface area (Å²) in [6.45, 7) is 0.498. The van der Waals surface area contributed by atoms with Crippen molar-refractivity contribution < 1.29 is 18.7 Å². The number of methoxy groups -OCH3 is 1. The highest BCUT2D eigenvalue weighted by molar-refractivity contribution is 9.10. The number of halogens is 2. The van der Waals surface area contributed by atoms with Crippen LogP contribution in [0.25, 0.3) is 0 Å². The van der Waals surface area contributed by atoms with Gasteiger partial charge in [-0.05, 0) is 47.0 Å². The molecule has 0 aromatic heterocycles. The summed E-state index contributed by atoms with van der Waals surface area (Å²) in [5.74, 6) is -0.987. The highest BCUT2D eigenvalue weighted by atomic mass is 79.9. The normalized spacial score (nSPS) is 10.2. The smallest absolute Gasteiger partial charge is 0.305 e. The fraction of sp³-hybridized carbons (Fsp3) is 0.429. The number of hydrogen-bond acceptors (Lipinski definition) is 3. The quantitative estimate of drug-likeness (QED) is 0.610. The first-order chi connectivity index (χ1) is 9.54. The van der Waals surface area contributed by atoms with Crippen molar-refractivity contribution in [2.24, 2.45) is 0 Å². The van der Waals surface area contributed by atoms with Gasteiger partial charge in [-0.1, -0.05) is 6.42 Å². The van der Waals surface area contributed by atoms with E-state index in [0.717, 1.165) is 19.3 Å². The molecule has 0 unspecified atom stereocenters. The van der Waals surface area contributed by atoms with Crippen LogP contribution < -0.4 is 5.32 Å². The molecule has 1 amide bonds. The molecule has 0 bridgehead atoms.